The van der Waals surface area contributed by atoms with Gasteiger partial charge in [-0.15, -0.1) is 0 Å². The lowest BCUT2D eigenvalue weighted by molar-refractivity contribution is 0.482. The average molecular weight is 291 g/mol. The highest BCUT2D eigenvalue weighted by atomic mass is 32.1. The van der Waals surface area contributed by atoms with E-state index in [-0.39, 0.29) is 10.8 Å². The van der Waals surface area contributed by atoms with Gasteiger partial charge >= 0.3 is 0 Å². The van der Waals surface area contributed by atoms with Crippen LogP contribution in [0.4, 0.5) is 0 Å². The first-order valence-corrected chi connectivity index (χ1v) is 7.80. The maximum atomic E-state index is 5.75. The summed E-state index contributed by atoms with van der Waals surface area (Å²) < 4.78 is 5.75. The Labute approximate surface area is 126 Å². The van der Waals surface area contributed by atoms with Crippen LogP contribution in [0.25, 0.3) is 11.1 Å². The summed E-state index contributed by atoms with van der Waals surface area (Å²) in [4.78, 5) is 3.64. The van der Waals surface area contributed by atoms with Crippen LogP contribution in [0.15, 0.2) is 16.5 Å². The van der Waals surface area contributed by atoms with Crippen LogP contribution in [0.2, 0.25) is 0 Å². The quantitative estimate of drug-likeness (QED) is 0.714. The lowest BCUT2D eigenvalue weighted by Gasteiger charge is -2.28. The third-order valence-electron chi connectivity index (χ3n) is 4.80. The van der Waals surface area contributed by atoms with Crippen molar-refractivity contribution < 1.29 is 4.42 Å². The Kier molecular flexibility index (Phi) is 3.85. The maximum absolute atomic E-state index is 5.75. The standard InChI is InChI=1S/C17H25NOS/c1-7-16(3,4)11-9-12(17(5,6)8-2)14-13(10-11)18-15(20)19-14/h9-10H,7-8H2,1-6H3,(H,18,20). The minimum Gasteiger partial charge on any atom is -0.429 e. The molecule has 0 unspecified atom stereocenters. The van der Waals surface area contributed by atoms with Gasteiger partial charge in [0.1, 0.15) is 0 Å². The van der Waals surface area contributed by atoms with E-state index in [1.165, 1.54) is 11.1 Å². The first-order valence-electron chi connectivity index (χ1n) is 7.39. The summed E-state index contributed by atoms with van der Waals surface area (Å²) in [5.41, 5.74) is 4.76. The van der Waals surface area contributed by atoms with E-state index in [1.807, 2.05) is 0 Å². The number of fused-ring (bicyclic) bond motifs is 1. The molecule has 1 heterocycles. The third kappa shape index (κ3) is 2.56. The van der Waals surface area contributed by atoms with Gasteiger partial charge in [-0.05, 0) is 47.5 Å². The summed E-state index contributed by atoms with van der Waals surface area (Å²) in [6.45, 7) is 13.5. The van der Waals surface area contributed by atoms with Gasteiger partial charge in [-0.3, -0.25) is 0 Å². The second kappa shape index (κ2) is 5.03. The highest BCUT2D eigenvalue weighted by Crippen LogP contribution is 2.37. The van der Waals surface area contributed by atoms with Gasteiger partial charge in [0, 0.05) is 5.56 Å². The summed E-state index contributed by atoms with van der Waals surface area (Å²) in [5, 5.41) is 0. The Balaban J connectivity index is 2.80. The zero-order valence-corrected chi connectivity index (χ0v) is 14.2. The largest absolute Gasteiger partial charge is 0.429 e. The molecule has 2 rings (SSSR count). The fourth-order valence-electron chi connectivity index (χ4n) is 2.35. The van der Waals surface area contributed by atoms with Crippen LogP contribution in [-0.2, 0) is 10.8 Å². The van der Waals surface area contributed by atoms with Crippen molar-refractivity contribution in [3.05, 3.63) is 28.1 Å². The van der Waals surface area contributed by atoms with Gasteiger partial charge in [0.05, 0.1) is 5.52 Å². The van der Waals surface area contributed by atoms with E-state index in [4.69, 9.17) is 16.6 Å². The van der Waals surface area contributed by atoms with Crippen molar-refractivity contribution in [3.8, 4) is 0 Å². The SMILES string of the molecule is CCC(C)(C)c1cc(C(C)(C)CC)c2oc(=S)[nH]c2c1. The average Bonchev–Trinajstić information content (AvgIpc) is 2.77. The Morgan fingerprint density at radius 3 is 2.20 bits per heavy atom. The predicted octanol–water partition coefficient (Wildman–Crippen LogP) is 5.87. The molecule has 0 fully saturated rings. The van der Waals surface area contributed by atoms with E-state index in [0.29, 0.717) is 4.84 Å². The number of hydrogen-bond acceptors (Lipinski definition) is 2. The molecule has 2 aromatic rings. The second-order valence-electron chi connectivity index (χ2n) is 6.89. The summed E-state index contributed by atoms with van der Waals surface area (Å²) in [5.74, 6) is 0. The molecule has 20 heavy (non-hydrogen) atoms. The Bertz CT molecular complexity index is 676. The predicted molar refractivity (Wildman–Crippen MR) is 88.0 cm³/mol. The van der Waals surface area contributed by atoms with Crippen molar-refractivity contribution in [2.24, 2.45) is 0 Å². The number of rotatable bonds is 4. The van der Waals surface area contributed by atoms with E-state index in [2.05, 4.69) is 58.7 Å². The molecule has 0 aliphatic heterocycles. The highest BCUT2D eigenvalue weighted by Gasteiger charge is 2.27. The number of H-pyrrole nitrogens is 1. The van der Waals surface area contributed by atoms with Crippen LogP contribution in [0.5, 0.6) is 0 Å². The summed E-state index contributed by atoms with van der Waals surface area (Å²) in [6.07, 6.45) is 2.16. The first kappa shape index (κ1) is 15.3. The molecule has 1 aromatic carbocycles. The van der Waals surface area contributed by atoms with Gasteiger partial charge in [-0.1, -0.05) is 47.6 Å². The first-order chi connectivity index (χ1) is 9.21. The molecule has 0 radical (unpaired) electrons. The number of aromatic nitrogens is 1. The molecule has 0 amide bonds. The highest BCUT2D eigenvalue weighted by molar-refractivity contribution is 7.71. The molecule has 0 saturated heterocycles. The molecule has 2 nitrogen and oxygen atoms in total. The monoisotopic (exact) mass is 291 g/mol. The van der Waals surface area contributed by atoms with Crippen LogP contribution in [-0.4, -0.2) is 4.98 Å². The molecule has 0 atom stereocenters. The Hall–Kier alpha value is -1.09. The number of nitrogens with one attached hydrogen (secondary N) is 1. The van der Waals surface area contributed by atoms with Gasteiger partial charge in [0.15, 0.2) is 5.58 Å². The van der Waals surface area contributed by atoms with Crippen LogP contribution >= 0.6 is 12.2 Å². The second-order valence-corrected chi connectivity index (χ2v) is 7.26. The summed E-state index contributed by atoms with van der Waals surface area (Å²) in [7, 11) is 0. The zero-order chi connectivity index (χ0) is 15.1. The third-order valence-corrected chi connectivity index (χ3v) is 4.98. The molecule has 0 bridgehead atoms. The van der Waals surface area contributed by atoms with Crippen LogP contribution in [0.1, 0.15) is 65.5 Å². The normalized spacial score (nSPS) is 13.1. The van der Waals surface area contributed by atoms with Gasteiger partial charge in [-0.2, -0.15) is 0 Å². The van der Waals surface area contributed by atoms with Gasteiger partial charge in [0.25, 0.3) is 4.84 Å². The molecule has 0 spiro atoms. The van der Waals surface area contributed by atoms with E-state index >= 15 is 0 Å². The topological polar surface area (TPSA) is 28.9 Å². The smallest absolute Gasteiger partial charge is 0.266 e. The van der Waals surface area contributed by atoms with Gasteiger partial charge < -0.3 is 9.40 Å². The van der Waals surface area contributed by atoms with Crippen molar-refractivity contribution in [1.29, 1.82) is 0 Å². The van der Waals surface area contributed by atoms with Crippen LogP contribution in [0, 0.1) is 4.84 Å². The van der Waals surface area contributed by atoms with E-state index in [9.17, 15) is 0 Å². The molecule has 1 aromatic heterocycles. The fourth-order valence-corrected chi connectivity index (χ4v) is 2.54. The molecule has 3 heteroatoms. The van der Waals surface area contributed by atoms with Crippen molar-refractivity contribution in [3.63, 3.8) is 0 Å². The van der Waals surface area contributed by atoms with E-state index < -0.39 is 0 Å². The van der Waals surface area contributed by atoms with Crippen LogP contribution in [0.3, 0.4) is 0 Å². The molecule has 1 N–H and O–H groups in total. The maximum Gasteiger partial charge on any atom is 0.266 e. The van der Waals surface area contributed by atoms with Crippen molar-refractivity contribution in [2.75, 3.05) is 0 Å². The minimum atomic E-state index is 0.0749. The minimum absolute atomic E-state index is 0.0749. The molecule has 110 valence electrons. The summed E-state index contributed by atoms with van der Waals surface area (Å²) >= 11 is 5.17. The fraction of sp³-hybridized carbons (Fsp3) is 0.588. The van der Waals surface area contributed by atoms with Crippen molar-refractivity contribution >= 4 is 23.3 Å². The molecule has 0 aliphatic carbocycles. The van der Waals surface area contributed by atoms with Crippen molar-refractivity contribution in [2.45, 2.75) is 65.2 Å². The van der Waals surface area contributed by atoms with E-state index in [0.717, 1.165) is 23.9 Å². The van der Waals surface area contributed by atoms with Gasteiger partial charge in [-0.25, -0.2) is 0 Å². The molecule has 0 aliphatic rings. The Morgan fingerprint density at radius 2 is 1.65 bits per heavy atom. The Morgan fingerprint density at radius 1 is 1.05 bits per heavy atom. The zero-order valence-electron chi connectivity index (χ0n) is 13.4. The number of oxazole rings is 1. The lowest BCUT2D eigenvalue weighted by atomic mass is 9.76. The molecular weight excluding hydrogens is 266 g/mol. The van der Waals surface area contributed by atoms with E-state index in [1.54, 1.807) is 0 Å². The number of aromatic amines is 1. The lowest BCUT2D eigenvalue weighted by Crippen LogP contribution is -2.20. The summed E-state index contributed by atoms with van der Waals surface area (Å²) in [6, 6.07) is 4.49. The number of hydrogen-bond donors (Lipinski definition) is 1. The van der Waals surface area contributed by atoms with Gasteiger partial charge in [0.2, 0.25) is 0 Å². The number of benzene rings is 1. The van der Waals surface area contributed by atoms with Crippen LogP contribution < -0.4 is 0 Å². The van der Waals surface area contributed by atoms with Crippen molar-refractivity contribution in [1.82, 2.24) is 4.98 Å². The molecule has 0 saturated carbocycles. The molecular formula is C17H25NOS.